The number of ether oxygens (including phenoxy) is 1. The van der Waals surface area contributed by atoms with Gasteiger partial charge < -0.3 is 14.7 Å². The summed E-state index contributed by atoms with van der Waals surface area (Å²) in [5.41, 5.74) is -0.456. The number of hydrogen-bond acceptors (Lipinski definition) is 5. The summed E-state index contributed by atoms with van der Waals surface area (Å²) >= 11 is 0. The average molecular weight is 224 g/mol. The first-order valence-corrected chi connectivity index (χ1v) is 5.12. The van der Waals surface area contributed by atoms with Gasteiger partial charge in [0, 0.05) is 24.8 Å². The van der Waals surface area contributed by atoms with Gasteiger partial charge in [0.1, 0.15) is 5.60 Å². The topological polar surface area (TPSA) is 82.3 Å². The fourth-order valence-corrected chi connectivity index (χ4v) is 1.43. The third-order valence-electron chi connectivity index (χ3n) is 2.23. The largest absolute Gasteiger partial charge is 0.444 e. The third kappa shape index (κ3) is 2.29. The smallest absolute Gasteiger partial charge is 0.410 e. The molecule has 1 fully saturated rings. The SMILES string of the molecule is CC(C)(C)OC(=O)N1CC(c2nnn[n-]2)C1. The Hall–Kier alpha value is -1.66. The third-order valence-corrected chi connectivity index (χ3v) is 2.23. The van der Waals surface area contributed by atoms with Crippen LogP contribution in [0.2, 0.25) is 0 Å². The Morgan fingerprint density at radius 2 is 2.19 bits per heavy atom. The van der Waals surface area contributed by atoms with E-state index >= 15 is 0 Å². The monoisotopic (exact) mass is 224 g/mol. The number of nitrogens with zero attached hydrogens (tertiary/aromatic N) is 5. The van der Waals surface area contributed by atoms with Crippen LogP contribution in [-0.4, -0.2) is 45.2 Å². The van der Waals surface area contributed by atoms with E-state index in [-0.39, 0.29) is 12.0 Å². The van der Waals surface area contributed by atoms with Crippen LogP contribution in [0, 0.1) is 0 Å². The lowest BCUT2D eigenvalue weighted by Crippen LogP contribution is -2.50. The van der Waals surface area contributed by atoms with E-state index in [0.29, 0.717) is 18.9 Å². The van der Waals surface area contributed by atoms with Crippen LogP contribution in [-0.2, 0) is 4.74 Å². The highest BCUT2D eigenvalue weighted by atomic mass is 16.6. The first-order chi connectivity index (χ1) is 7.46. The zero-order valence-corrected chi connectivity index (χ0v) is 9.54. The molecule has 1 amide bonds. The van der Waals surface area contributed by atoms with Crippen molar-refractivity contribution in [2.75, 3.05) is 13.1 Å². The van der Waals surface area contributed by atoms with Gasteiger partial charge in [0.2, 0.25) is 0 Å². The molecule has 1 aromatic heterocycles. The Balaban J connectivity index is 1.82. The predicted octanol–water partition coefficient (Wildman–Crippen LogP) is 0.163. The van der Waals surface area contributed by atoms with Gasteiger partial charge in [0.05, 0.1) is 0 Å². The average Bonchev–Trinajstić information content (AvgIpc) is 2.49. The molecule has 0 radical (unpaired) electrons. The summed E-state index contributed by atoms with van der Waals surface area (Å²) in [6.07, 6.45) is -0.295. The van der Waals surface area contributed by atoms with Gasteiger partial charge in [0.15, 0.2) is 0 Å². The van der Waals surface area contributed by atoms with Crippen LogP contribution in [0.5, 0.6) is 0 Å². The van der Waals surface area contributed by atoms with Crippen LogP contribution in [0.25, 0.3) is 0 Å². The van der Waals surface area contributed by atoms with Crippen molar-refractivity contribution in [2.24, 2.45) is 0 Å². The second kappa shape index (κ2) is 3.73. The Labute approximate surface area is 93.2 Å². The molecule has 0 bridgehead atoms. The maximum atomic E-state index is 11.6. The number of likely N-dealkylation sites (tertiary alicyclic amines) is 1. The summed E-state index contributed by atoms with van der Waals surface area (Å²) in [4.78, 5) is 13.2. The summed E-state index contributed by atoms with van der Waals surface area (Å²) < 4.78 is 5.22. The second-order valence-corrected chi connectivity index (χ2v) is 4.82. The molecule has 7 heteroatoms. The lowest BCUT2D eigenvalue weighted by molar-refractivity contribution is 0.00748. The molecule has 0 aliphatic carbocycles. The van der Waals surface area contributed by atoms with Crippen LogP contribution in [0.1, 0.15) is 32.5 Å². The number of tetrazole rings is 1. The molecule has 0 aromatic carbocycles. The Morgan fingerprint density at radius 3 is 2.69 bits per heavy atom. The Morgan fingerprint density at radius 1 is 1.50 bits per heavy atom. The molecule has 16 heavy (non-hydrogen) atoms. The maximum absolute atomic E-state index is 11.6. The lowest BCUT2D eigenvalue weighted by atomic mass is 10.0. The van der Waals surface area contributed by atoms with Gasteiger partial charge in [-0.1, -0.05) is 0 Å². The van der Waals surface area contributed by atoms with Gasteiger partial charge in [-0.25, -0.2) is 4.79 Å². The predicted molar refractivity (Wildman–Crippen MR) is 53.7 cm³/mol. The van der Waals surface area contributed by atoms with Crippen molar-refractivity contribution in [3.63, 3.8) is 0 Å². The number of carbonyl (C=O) groups excluding carboxylic acids is 1. The van der Waals surface area contributed by atoms with E-state index in [0.717, 1.165) is 0 Å². The highest BCUT2D eigenvalue weighted by Crippen LogP contribution is 2.25. The zero-order chi connectivity index (χ0) is 11.8. The number of rotatable bonds is 1. The molecule has 2 heterocycles. The zero-order valence-electron chi connectivity index (χ0n) is 9.54. The van der Waals surface area contributed by atoms with Crippen LogP contribution >= 0.6 is 0 Å². The molecular weight excluding hydrogens is 210 g/mol. The van der Waals surface area contributed by atoms with Crippen LogP contribution in [0.15, 0.2) is 0 Å². The van der Waals surface area contributed by atoms with Gasteiger partial charge in [-0.2, -0.15) is 5.21 Å². The molecule has 1 saturated heterocycles. The van der Waals surface area contributed by atoms with Crippen LogP contribution < -0.4 is 5.10 Å². The molecule has 0 unspecified atom stereocenters. The van der Waals surface area contributed by atoms with Crippen molar-refractivity contribution in [2.45, 2.75) is 32.3 Å². The minimum Gasteiger partial charge on any atom is -0.444 e. The van der Waals surface area contributed by atoms with E-state index in [1.807, 2.05) is 20.8 Å². The number of amides is 1. The first kappa shape index (κ1) is 10.8. The summed E-state index contributed by atoms with van der Waals surface area (Å²) in [5, 5.41) is 14.3. The van der Waals surface area contributed by atoms with Crippen molar-refractivity contribution in [1.29, 1.82) is 0 Å². The molecule has 88 valence electrons. The lowest BCUT2D eigenvalue weighted by Gasteiger charge is -2.39. The molecule has 1 aromatic rings. The summed E-state index contributed by atoms with van der Waals surface area (Å²) in [5.74, 6) is 0.738. The molecule has 7 nitrogen and oxygen atoms in total. The standard InChI is InChI=1S/C9H14N5O2/c1-9(2,3)16-8(15)14-4-6(5-14)7-10-12-13-11-7/h6H,4-5H2,1-3H3/q-1. The summed E-state index contributed by atoms with van der Waals surface area (Å²) in [6.45, 7) is 6.67. The van der Waals surface area contributed by atoms with Crippen molar-refractivity contribution >= 4 is 6.09 Å². The minimum absolute atomic E-state index is 0.141. The van der Waals surface area contributed by atoms with E-state index in [9.17, 15) is 4.79 Å². The fourth-order valence-electron chi connectivity index (χ4n) is 1.43. The van der Waals surface area contributed by atoms with Crippen molar-refractivity contribution < 1.29 is 9.53 Å². The molecule has 2 rings (SSSR count). The van der Waals surface area contributed by atoms with E-state index in [1.54, 1.807) is 4.90 Å². The molecule has 1 aliphatic rings. The fraction of sp³-hybridized carbons (Fsp3) is 0.778. The van der Waals surface area contributed by atoms with Crippen LogP contribution in [0.4, 0.5) is 4.79 Å². The number of aromatic nitrogens is 4. The van der Waals surface area contributed by atoms with Crippen molar-refractivity contribution in [3.05, 3.63) is 5.82 Å². The quantitative estimate of drug-likeness (QED) is 0.676. The molecular formula is C9H14N5O2-. The summed E-state index contributed by atoms with van der Waals surface area (Å²) in [6, 6.07) is 0. The Kier molecular flexibility index (Phi) is 2.53. The normalized spacial score (nSPS) is 17.1. The number of hydrogen-bond donors (Lipinski definition) is 0. The molecule has 0 atom stereocenters. The Bertz CT molecular complexity index is 364. The molecule has 1 aliphatic heterocycles. The van der Waals surface area contributed by atoms with Gasteiger partial charge in [-0.15, -0.1) is 0 Å². The van der Waals surface area contributed by atoms with Gasteiger partial charge >= 0.3 is 6.09 Å². The molecule has 0 saturated carbocycles. The second-order valence-electron chi connectivity index (χ2n) is 4.82. The highest BCUT2D eigenvalue weighted by molar-refractivity contribution is 5.69. The van der Waals surface area contributed by atoms with Crippen LogP contribution in [0.3, 0.4) is 0 Å². The molecule has 0 N–H and O–H groups in total. The van der Waals surface area contributed by atoms with Crippen molar-refractivity contribution in [1.82, 2.24) is 25.5 Å². The van der Waals surface area contributed by atoms with E-state index in [1.165, 1.54) is 0 Å². The van der Waals surface area contributed by atoms with E-state index in [2.05, 4.69) is 20.6 Å². The van der Waals surface area contributed by atoms with E-state index in [4.69, 9.17) is 4.74 Å². The highest BCUT2D eigenvalue weighted by Gasteiger charge is 2.34. The first-order valence-electron chi connectivity index (χ1n) is 5.12. The van der Waals surface area contributed by atoms with E-state index < -0.39 is 5.60 Å². The van der Waals surface area contributed by atoms with Gasteiger partial charge in [0.25, 0.3) is 0 Å². The van der Waals surface area contributed by atoms with Crippen molar-refractivity contribution in [3.8, 4) is 0 Å². The summed E-state index contributed by atoms with van der Waals surface area (Å²) in [7, 11) is 0. The minimum atomic E-state index is -0.456. The van der Waals surface area contributed by atoms with Gasteiger partial charge in [-0.05, 0) is 20.8 Å². The number of carbonyl (C=O) groups is 1. The molecule has 0 spiro atoms. The van der Waals surface area contributed by atoms with Gasteiger partial charge in [-0.3, -0.25) is 10.3 Å². The maximum Gasteiger partial charge on any atom is 0.410 e.